The Bertz CT molecular complexity index is 1090. The molecule has 3 heterocycles. The third kappa shape index (κ3) is 3.28. The number of hydrogen-bond acceptors (Lipinski definition) is 8. The first-order valence-electron chi connectivity index (χ1n) is 9.67. The number of nitrogens with two attached hydrogens (primary N) is 1. The highest BCUT2D eigenvalue weighted by Crippen LogP contribution is 2.40. The lowest BCUT2D eigenvalue weighted by Gasteiger charge is -2.22. The van der Waals surface area contributed by atoms with Crippen LogP contribution in [0.1, 0.15) is 30.7 Å². The van der Waals surface area contributed by atoms with Crippen LogP contribution >= 0.6 is 11.6 Å². The molecule has 2 fully saturated rings. The number of anilines is 1. The Morgan fingerprint density at radius 3 is 2.77 bits per heavy atom. The molecule has 2 aliphatic rings. The number of fused-ring (bicyclic) bond motifs is 1. The molecule has 5 rings (SSSR count). The van der Waals surface area contributed by atoms with Crippen LogP contribution < -0.4 is 10.5 Å². The van der Waals surface area contributed by atoms with Crippen molar-refractivity contribution in [3.63, 3.8) is 0 Å². The van der Waals surface area contributed by atoms with Gasteiger partial charge in [-0.2, -0.15) is 0 Å². The third-order valence-corrected chi connectivity index (χ3v) is 5.83. The van der Waals surface area contributed by atoms with E-state index in [4.69, 9.17) is 26.8 Å². The maximum absolute atomic E-state index is 10.9. The van der Waals surface area contributed by atoms with E-state index in [-0.39, 0.29) is 6.10 Å². The minimum Gasteiger partial charge on any atom is -0.489 e. The molecule has 1 aliphatic carbocycles. The highest BCUT2D eigenvalue weighted by atomic mass is 35.5. The molecular formula is C20H21ClN4O5. The Morgan fingerprint density at radius 2 is 2.00 bits per heavy atom. The lowest BCUT2D eigenvalue weighted by atomic mass is 9.99. The molecule has 5 atom stereocenters. The van der Waals surface area contributed by atoms with Gasteiger partial charge in [0.25, 0.3) is 0 Å². The number of nitrogen functional groups attached to an aromatic ring is 1. The molecule has 1 saturated heterocycles. The second kappa shape index (κ2) is 7.36. The summed E-state index contributed by atoms with van der Waals surface area (Å²) in [4.78, 5) is 8.14. The molecule has 5 N–H and O–H groups in total. The Hall–Kier alpha value is -2.43. The summed E-state index contributed by atoms with van der Waals surface area (Å²) in [5.74, 6) is 0.775. The molecule has 30 heavy (non-hydrogen) atoms. The zero-order valence-electron chi connectivity index (χ0n) is 15.8. The number of hydrogen-bond donors (Lipinski definition) is 4. The van der Waals surface area contributed by atoms with Crippen LogP contribution in [-0.2, 0) is 4.74 Å². The number of ether oxygens (including phenoxy) is 2. The lowest BCUT2D eigenvalue weighted by Crippen LogP contribution is -2.34. The van der Waals surface area contributed by atoms with Crippen molar-refractivity contribution < 1.29 is 24.8 Å². The SMILES string of the molecule is Nc1ncnc2c1ccn2[C@@H]1OC([C@H](O)c2ccc(Cl)c(OC3CC3)c2)[C@@H](O)[C@H]1O. The quantitative estimate of drug-likeness (QED) is 0.477. The normalized spacial score (nSPS) is 27.5. The number of rotatable bonds is 5. The molecule has 1 aliphatic heterocycles. The van der Waals surface area contributed by atoms with Gasteiger partial charge in [0.15, 0.2) is 6.23 Å². The fourth-order valence-corrected chi connectivity index (χ4v) is 3.88. The van der Waals surface area contributed by atoms with Crippen LogP contribution in [0.25, 0.3) is 11.0 Å². The Kier molecular flexibility index (Phi) is 4.79. The summed E-state index contributed by atoms with van der Waals surface area (Å²) in [6.07, 6.45) is -0.803. The molecule has 1 saturated carbocycles. The average Bonchev–Trinajstić information content (AvgIpc) is 3.37. The molecule has 0 bridgehead atoms. The average molecular weight is 433 g/mol. The molecule has 1 aromatic carbocycles. The van der Waals surface area contributed by atoms with Gasteiger partial charge in [-0.25, -0.2) is 9.97 Å². The number of aliphatic hydroxyl groups is 3. The van der Waals surface area contributed by atoms with E-state index in [2.05, 4.69) is 9.97 Å². The van der Waals surface area contributed by atoms with Gasteiger partial charge in [-0.05, 0) is 36.6 Å². The van der Waals surface area contributed by atoms with Gasteiger partial charge >= 0.3 is 0 Å². The molecule has 158 valence electrons. The summed E-state index contributed by atoms with van der Waals surface area (Å²) in [6, 6.07) is 6.62. The molecule has 0 radical (unpaired) electrons. The van der Waals surface area contributed by atoms with Crippen molar-refractivity contribution in [3.05, 3.63) is 47.4 Å². The van der Waals surface area contributed by atoms with Gasteiger partial charge in [0, 0.05) is 6.20 Å². The van der Waals surface area contributed by atoms with E-state index < -0.39 is 30.6 Å². The van der Waals surface area contributed by atoms with E-state index in [9.17, 15) is 15.3 Å². The van der Waals surface area contributed by atoms with E-state index in [1.807, 2.05) is 0 Å². The van der Waals surface area contributed by atoms with E-state index in [0.29, 0.717) is 33.2 Å². The first-order chi connectivity index (χ1) is 14.4. The number of benzene rings is 1. The van der Waals surface area contributed by atoms with Crippen LogP contribution in [0.3, 0.4) is 0 Å². The predicted molar refractivity (Wildman–Crippen MR) is 108 cm³/mol. The van der Waals surface area contributed by atoms with Gasteiger partial charge in [0.1, 0.15) is 48.0 Å². The smallest absolute Gasteiger partial charge is 0.164 e. The van der Waals surface area contributed by atoms with Crippen molar-refractivity contribution in [2.75, 3.05) is 5.73 Å². The first kappa shape index (κ1) is 19.5. The van der Waals surface area contributed by atoms with Crippen molar-refractivity contribution in [1.29, 1.82) is 0 Å². The summed E-state index contributed by atoms with van der Waals surface area (Å²) < 4.78 is 13.2. The van der Waals surface area contributed by atoms with Crippen LogP contribution in [-0.4, -0.2) is 54.3 Å². The maximum atomic E-state index is 10.9. The first-order valence-corrected chi connectivity index (χ1v) is 10.0. The van der Waals surface area contributed by atoms with Gasteiger partial charge < -0.3 is 35.1 Å². The molecule has 0 amide bonds. The van der Waals surface area contributed by atoms with E-state index in [1.54, 1.807) is 35.0 Å². The minimum absolute atomic E-state index is 0.144. The van der Waals surface area contributed by atoms with E-state index in [0.717, 1.165) is 12.8 Å². The van der Waals surface area contributed by atoms with Crippen LogP contribution in [0.2, 0.25) is 5.02 Å². The standard InChI is InChI=1S/C20H21ClN4O5/c21-12-4-1-9(7-13(12)29-10-2-3-10)14(26)17-15(27)16(28)20(30-17)25-6-5-11-18(22)23-8-24-19(11)25/h1,4-8,10,14-17,20,26-28H,2-3H2,(H2,22,23,24)/t14-,15+,16-,17?,20-/m1/s1. The van der Waals surface area contributed by atoms with Crippen LogP contribution in [0, 0.1) is 0 Å². The monoisotopic (exact) mass is 432 g/mol. The van der Waals surface area contributed by atoms with Crippen molar-refractivity contribution in [3.8, 4) is 5.75 Å². The molecule has 2 aromatic heterocycles. The van der Waals surface area contributed by atoms with Crippen molar-refractivity contribution >= 4 is 28.5 Å². The second-order valence-electron chi connectivity index (χ2n) is 7.64. The molecule has 3 aromatic rings. The highest BCUT2D eigenvalue weighted by molar-refractivity contribution is 6.32. The minimum atomic E-state index is -1.33. The summed E-state index contributed by atoms with van der Waals surface area (Å²) in [7, 11) is 0. The summed E-state index contributed by atoms with van der Waals surface area (Å²) >= 11 is 6.19. The summed E-state index contributed by atoms with van der Waals surface area (Å²) in [6.45, 7) is 0. The largest absolute Gasteiger partial charge is 0.489 e. The van der Waals surface area contributed by atoms with Crippen LogP contribution in [0.15, 0.2) is 36.8 Å². The topological polar surface area (TPSA) is 136 Å². The molecule has 0 spiro atoms. The van der Waals surface area contributed by atoms with Gasteiger partial charge in [-0.1, -0.05) is 17.7 Å². The van der Waals surface area contributed by atoms with E-state index in [1.165, 1.54) is 6.33 Å². The zero-order valence-corrected chi connectivity index (χ0v) is 16.6. The third-order valence-electron chi connectivity index (χ3n) is 5.52. The number of aliphatic hydroxyl groups excluding tert-OH is 3. The number of aromatic nitrogens is 3. The maximum Gasteiger partial charge on any atom is 0.164 e. The van der Waals surface area contributed by atoms with Crippen molar-refractivity contribution in [1.82, 2.24) is 14.5 Å². The van der Waals surface area contributed by atoms with Crippen LogP contribution in [0.4, 0.5) is 5.82 Å². The van der Waals surface area contributed by atoms with Gasteiger partial charge in [-0.3, -0.25) is 0 Å². The molecule has 10 heteroatoms. The van der Waals surface area contributed by atoms with Gasteiger partial charge in [0.2, 0.25) is 0 Å². The Labute approximate surface area is 176 Å². The van der Waals surface area contributed by atoms with Crippen LogP contribution in [0.5, 0.6) is 5.75 Å². The van der Waals surface area contributed by atoms with E-state index >= 15 is 0 Å². The Morgan fingerprint density at radius 1 is 1.20 bits per heavy atom. The second-order valence-corrected chi connectivity index (χ2v) is 8.05. The molecular weight excluding hydrogens is 412 g/mol. The van der Waals surface area contributed by atoms with Crippen molar-refractivity contribution in [2.45, 2.75) is 49.6 Å². The molecule has 1 unspecified atom stereocenters. The lowest BCUT2D eigenvalue weighted by molar-refractivity contribution is -0.0848. The summed E-state index contributed by atoms with van der Waals surface area (Å²) in [5.41, 5.74) is 6.79. The zero-order chi connectivity index (χ0) is 21.0. The van der Waals surface area contributed by atoms with Crippen molar-refractivity contribution in [2.24, 2.45) is 0 Å². The summed E-state index contributed by atoms with van der Waals surface area (Å²) in [5, 5.41) is 33.2. The highest BCUT2D eigenvalue weighted by Gasteiger charge is 2.47. The number of halogens is 1. The predicted octanol–water partition coefficient (Wildman–Crippen LogP) is 1.56. The fraction of sp³-hybridized carbons (Fsp3) is 0.400. The molecule has 9 nitrogen and oxygen atoms in total. The number of nitrogens with zero attached hydrogens (tertiary/aromatic N) is 3. The fourth-order valence-electron chi connectivity index (χ4n) is 3.72. The van der Waals surface area contributed by atoms with Gasteiger partial charge in [-0.15, -0.1) is 0 Å². The van der Waals surface area contributed by atoms with Gasteiger partial charge in [0.05, 0.1) is 16.5 Å². The Balaban J connectivity index is 1.42.